The number of halogens is 4. The van der Waals surface area contributed by atoms with Crippen molar-refractivity contribution in [3.8, 4) is 17.1 Å². The lowest BCUT2D eigenvalue weighted by atomic mass is 9.85. The van der Waals surface area contributed by atoms with E-state index in [4.69, 9.17) is 9.72 Å². The highest BCUT2D eigenvalue weighted by molar-refractivity contribution is 5.95. The molecule has 0 bridgehead atoms. The number of amides is 2. The van der Waals surface area contributed by atoms with Gasteiger partial charge < -0.3 is 29.5 Å². The van der Waals surface area contributed by atoms with Gasteiger partial charge in [-0.25, -0.2) is 14.4 Å². The molecule has 6 heterocycles. The highest BCUT2D eigenvalue weighted by atomic mass is 19.4. The van der Waals surface area contributed by atoms with Gasteiger partial charge in [-0.15, -0.1) is 5.10 Å². The topological polar surface area (TPSA) is 160 Å². The van der Waals surface area contributed by atoms with Crippen LogP contribution in [-0.4, -0.2) is 89.1 Å². The standard InChI is InChI=1S/C39H37F4N9O5/c1-20-32(54)30(45-19-44-20)35(56)50-12-10-38(11-13-50)29-31(21(2)57-38)51(17-28(53)46-27-9-8-24(14-26(27)40)39(41,42)43)36-47-33(48-52(36)34(29)55)22-4-6-23(7-5-22)37-15-25(37)16-49(3)18-37/h4-9,14,19,21,25,54H,10-13,15-18H2,1-3H3,(H,46,53). The molecule has 3 atom stereocenters. The molecule has 3 fully saturated rings. The maximum Gasteiger partial charge on any atom is 0.416 e. The predicted octanol–water partition coefficient (Wildman–Crippen LogP) is 4.58. The summed E-state index contributed by atoms with van der Waals surface area (Å²) in [4.78, 5) is 58.1. The molecule has 2 aromatic carbocycles. The van der Waals surface area contributed by atoms with E-state index >= 15 is 0 Å². The van der Waals surface area contributed by atoms with E-state index in [1.807, 2.05) is 12.1 Å². The van der Waals surface area contributed by atoms with Crippen LogP contribution in [-0.2, 0) is 33.3 Å². The number of piperidine rings is 2. The number of rotatable bonds is 6. The van der Waals surface area contributed by atoms with Gasteiger partial charge in [-0.1, -0.05) is 24.3 Å². The molecule has 2 amide bonds. The zero-order chi connectivity index (χ0) is 40.2. The first-order valence-electron chi connectivity index (χ1n) is 18.6. The van der Waals surface area contributed by atoms with Crippen molar-refractivity contribution in [2.75, 3.05) is 38.5 Å². The Morgan fingerprint density at radius 2 is 1.82 bits per heavy atom. The van der Waals surface area contributed by atoms with Crippen LogP contribution in [0.5, 0.6) is 5.75 Å². The average Bonchev–Trinajstić information content (AvgIpc) is 3.42. The summed E-state index contributed by atoms with van der Waals surface area (Å²) in [6, 6.07) is 9.74. The van der Waals surface area contributed by atoms with Crippen LogP contribution < -0.4 is 10.9 Å². The summed E-state index contributed by atoms with van der Waals surface area (Å²) in [5.41, 5.74) is -0.754. The normalized spacial score (nSPS) is 22.5. The number of ether oxygens (including phenoxy) is 1. The molecule has 3 unspecified atom stereocenters. The van der Waals surface area contributed by atoms with Gasteiger partial charge in [0.2, 0.25) is 11.7 Å². The SMILES string of the molecule is Cc1ncnc(C(=O)N2CCC3(CC2)OC(C)c2c3c(=O)n3nc(-c4ccc(C56CC5CN(C)C6)cc4)nc3n2CC(=O)Nc2ccc(C(F)(F)F)cc2F)c1O. The van der Waals surface area contributed by atoms with Crippen molar-refractivity contribution < 1.29 is 37.0 Å². The number of aromatic hydroxyl groups is 1. The third-order valence-electron chi connectivity index (χ3n) is 12.0. The molecule has 57 heavy (non-hydrogen) atoms. The number of hydrogen-bond acceptors (Lipinski definition) is 10. The first-order valence-corrected chi connectivity index (χ1v) is 18.6. The van der Waals surface area contributed by atoms with Crippen LogP contribution >= 0.6 is 0 Å². The second kappa shape index (κ2) is 12.9. The second-order valence-corrected chi connectivity index (χ2v) is 15.6. The molecule has 4 aliphatic rings. The number of nitrogens with one attached hydrogen (secondary N) is 1. The van der Waals surface area contributed by atoms with Gasteiger partial charge in [0, 0.05) is 37.2 Å². The van der Waals surface area contributed by atoms with Gasteiger partial charge in [-0.05, 0) is 69.8 Å². The van der Waals surface area contributed by atoms with E-state index in [2.05, 4.69) is 44.5 Å². The van der Waals surface area contributed by atoms with Gasteiger partial charge in [0.1, 0.15) is 24.3 Å². The number of likely N-dealkylation sites (N-methyl/N-ethyl adjacent to an activating group) is 1. The van der Waals surface area contributed by atoms with E-state index in [0.717, 1.165) is 30.1 Å². The van der Waals surface area contributed by atoms with Crippen LogP contribution in [0.25, 0.3) is 17.2 Å². The maximum atomic E-state index is 14.8. The average molecular weight is 788 g/mol. The lowest BCUT2D eigenvalue weighted by molar-refractivity contribution is -0.137. The third-order valence-corrected chi connectivity index (χ3v) is 12.0. The van der Waals surface area contributed by atoms with E-state index in [1.54, 1.807) is 13.8 Å². The summed E-state index contributed by atoms with van der Waals surface area (Å²) in [6.45, 7) is 5.03. The van der Waals surface area contributed by atoms with E-state index in [1.165, 1.54) is 21.4 Å². The predicted molar refractivity (Wildman–Crippen MR) is 195 cm³/mol. The number of anilines is 1. The van der Waals surface area contributed by atoms with E-state index < -0.39 is 58.9 Å². The van der Waals surface area contributed by atoms with Gasteiger partial charge in [-0.2, -0.15) is 22.7 Å². The molecule has 3 aliphatic heterocycles. The highest BCUT2D eigenvalue weighted by Gasteiger charge is 2.59. The smallest absolute Gasteiger partial charge is 0.416 e. The minimum atomic E-state index is -4.78. The van der Waals surface area contributed by atoms with Crippen molar-refractivity contribution in [3.63, 3.8) is 0 Å². The summed E-state index contributed by atoms with van der Waals surface area (Å²) in [5, 5.41) is 17.5. The molecule has 3 aromatic heterocycles. The van der Waals surface area contributed by atoms with Crippen molar-refractivity contribution in [3.05, 3.63) is 98.7 Å². The number of alkyl halides is 3. The number of aryl methyl sites for hydroxylation is 1. The molecule has 9 rings (SSSR count). The van der Waals surface area contributed by atoms with Gasteiger partial charge in [0.05, 0.1) is 34.3 Å². The molecule has 1 spiro atoms. The van der Waals surface area contributed by atoms with E-state index in [0.29, 0.717) is 29.3 Å². The van der Waals surface area contributed by atoms with Crippen molar-refractivity contribution in [1.82, 2.24) is 38.9 Å². The molecule has 2 saturated heterocycles. The molecule has 296 valence electrons. The Bertz CT molecular complexity index is 2550. The van der Waals surface area contributed by atoms with Crippen molar-refractivity contribution in [2.45, 2.75) is 63.0 Å². The number of aromatic nitrogens is 6. The highest BCUT2D eigenvalue weighted by Crippen LogP contribution is 2.58. The molecule has 1 aliphatic carbocycles. The first-order chi connectivity index (χ1) is 27.1. The number of carbonyl (C=O) groups is 2. The fourth-order valence-corrected chi connectivity index (χ4v) is 9.13. The molecular weight excluding hydrogens is 750 g/mol. The third kappa shape index (κ3) is 5.95. The minimum Gasteiger partial charge on any atom is -0.504 e. The first kappa shape index (κ1) is 36.9. The van der Waals surface area contributed by atoms with Gasteiger partial charge in [-0.3, -0.25) is 14.4 Å². The number of fused-ring (bicyclic) bond motifs is 4. The summed E-state index contributed by atoms with van der Waals surface area (Å²) >= 11 is 0. The number of hydrogen-bond donors (Lipinski definition) is 2. The van der Waals surface area contributed by atoms with E-state index in [-0.39, 0.29) is 65.6 Å². The molecule has 14 nitrogen and oxygen atoms in total. The zero-order valence-corrected chi connectivity index (χ0v) is 31.1. The summed E-state index contributed by atoms with van der Waals surface area (Å²) in [5.74, 6) is -2.07. The fraction of sp³-hybridized carbons (Fsp3) is 0.410. The minimum absolute atomic E-state index is 0.00820. The summed E-state index contributed by atoms with van der Waals surface area (Å²) < 4.78 is 63.6. The van der Waals surface area contributed by atoms with Crippen LogP contribution in [0, 0.1) is 18.7 Å². The molecule has 1 saturated carbocycles. The Morgan fingerprint density at radius 1 is 1.09 bits per heavy atom. The van der Waals surface area contributed by atoms with Crippen LogP contribution in [0.3, 0.4) is 0 Å². The number of likely N-dealkylation sites (tertiary alicyclic amines) is 2. The van der Waals surface area contributed by atoms with Crippen LogP contribution in [0.1, 0.15) is 70.9 Å². The Balaban J connectivity index is 1.08. The Hall–Kier alpha value is -5.75. The Labute approximate surface area is 322 Å². The van der Waals surface area contributed by atoms with Crippen LogP contribution in [0.2, 0.25) is 0 Å². The molecular formula is C39H37F4N9O5. The van der Waals surface area contributed by atoms with Gasteiger partial charge in [0.15, 0.2) is 17.3 Å². The molecule has 5 aromatic rings. The molecule has 2 N–H and O–H groups in total. The van der Waals surface area contributed by atoms with Crippen molar-refractivity contribution in [2.24, 2.45) is 5.92 Å². The largest absolute Gasteiger partial charge is 0.504 e. The van der Waals surface area contributed by atoms with E-state index in [9.17, 15) is 37.1 Å². The summed E-state index contributed by atoms with van der Waals surface area (Å²) in [7, 11) is 2.11. The second-order valence-electron chi connectivity index (χ2n) is 15.6. The lowest BCUT2D eigenvalue weighted by Gasteiger charge is -2.39. The number of benzene rings is 2. The Morgan fingerprint density at radius 3 is 2.49 bits per heavy atom. The quantitative estimate of drug-likeness (QED) is 0.233. The zero-order valence-electron chi connectivity index (χ0n) is 31.1. The maximum absolute atomic E-state index is 14.8. The monoisotopic (exact) mass is 787 g/mol. The van der Waals surface area contributed by atoms with Gasteiger partial charge >= 0.3 is 6.18 Å². The summed E-state index contributed by atoms with van der Waals surface area (Å²) in [6.07, 6.45) is -2.88. The van der Waals surface area contributed by atoms with Crippen LogP contribution in [0.4, 0.5) is 23.2 Å². The van der Waals surface area contributed by atoms with Gasteiger partial charge in [0.25, 0.3) is 11.5 Å². The fourth-order valence-electron chi connectivity index (χ4n) is 9.13. The lowest BCUT2D eigenvalue weighted by Crippen LogP contribution is -2.47. The Kier molecular flexibility index (Phi) is 8.33. The van der Waals surface area contributed by atoms with Crippen LogP contribution in [0.15, 0.2) is 53.6 Å². The molecule has 0 radical (unpaired) electrons. The van der Waals surface area contributed by atoms with Crippen molar-refractivity contribution in [1.29, 1.82) is 0 Å². The number of nitrogens with zero attached hydrogens (tertiary/aromatic N) is 8. The number of carbonyl (C=O) groups excluding carboxylic acids is 2. The molecule has 18 heteroatoms. The van der Waals surface area contributed by atoms with Crippen molar-refractivity contribution >= 4 is 23.3 Å².